The average Bonchev–Trinajstić information content (AvgIpc) is 3.46. The lowest BCUT2D eigenvalue weighted by atomic mass is 10.1. The highest BCUT2D eigenvalue weighted by molar-refractivity contribution is 5.90. The molecule has 1 N–H and O–H groups in total. The Morgan fingerprint density at radius 3 is 2.83 bits per heavy atom. The van der Waals surface area contributed by atoms with Gasteiger partial charge in [0.2, 0.25) is 0 Å². The van der Waals surface area contributed by atoms with Crippen LogP contribution < -0.4 is 9.64 Å². The molecule has 3 aromatic rings. The fourth-order valence-electron chi connectivity index (χ4n) is 3.85. The number of rotatable bonds is 7. The number of halogens is 1. The van der Waals surface area contributed by atoms with Crippen molar-refractivity contribution in [3.05, 3.63) is 64.2 Å². The predicted molar refractivity (Wildman–Crippen MR) is 117 cm³/mol. The number of cyclic esters (lactones) is 1. The van der Waals surface area contributed by atoms with Crippen molar-refractivity contribution in [2.24, 2.45) is 0 Å². The molecule has 1 saturated heterocycles. The van der Waals surface area contributed by atoms with E-state index in [4.69, 9.17) is 19.3 Å². The molecule has 0 unspecified atom stereocenters. The van der Waals surface area contributed by atoms with Gasteiger partial charge in [0.1, 0.15) is 30.8 Å². The quantitative estimate of drug-likeness (QED) is 0.394. The average molecular weight is 485 g/mol. The van der Waals surface area contributed by atoms with Gasteiger partial charge in [-0.3, -0.25) is 14.5 Å². The molecule has 1 fully saturated rings. The number of nitrogens with zero attached hydrogens (tertiary/aromatic N) is 5. The van der Waals surface area contributed by atoms with Crippen molar-refractivity contribution in [1.29, 1.82) is 0 Å². The minimum atomic E-state index is -0.637. The third-order valence-electron chi connectivity index (χ3n) is 5.64. The van der Waals surface area contributed by atoms with E-state index in [2.05, 4.69) is 9.97 Å². The summed E-state index contributed by atoms with van der Waals surface area (Å²) in [5.41, 5.74) is 1.76. The summed E-state index contributed by atoms with van der Waals surface area (Å²) in [6.07, 6.45) is 1.28. The van der Waals surface area contributed by atoms with Crippen LogP contribution in [-0.4, -0.2) is 62.6 Å². The molecule has 0 spiro atoms. The predicted octanol–water partition coefficient (Wildman–Crippen LogP) is 2.29. The molecule has 0 aliphatic carbocycles. The molecule has 0 radical (unpaired) electrons. The lowest BCUT2D eigenvalue weighted by molar-refractivity contribution is -0.389. The van der Waals surface area contributed by atoms with Crippen molar-refractivity contribution in [2.45, 2.75) is 25.4 Å². The van der Waals surface area contributed by atoms with Gasteiger partial charge in [0, 0.05) is 16.7 Å². The number of aromatic nitrogens is 3. The first-order valence-electron chi connectivity index (χ1n) is 10.7. The Morgan fingerprint density at radius 1 is 1.29 bits per heavy atom. The summed E-state index contributed by atoms with van der Waals surface area (Å²) in [5, 5.41) is 20.0. The van der Waals surface area contributed by atoms with Crippen molar-refractivity contribution < 1.29 is 33.4 Å². The van der Waals surface area contributed by atoms with E-state index < -0.39 is 22.9 Å². The molecule has 1 amide bonds. The smallest absolute Gasteiger partial charge is 0.414 e. The number of hydrogen-bond acceptors (Lipinski definition) is 9. The Bertz CT molecular complexity index is 1270. The van der Waals surface area contributed by atoms with Gasteiger partial charge in [-0.1, -0.05) is 6.07 Å². The first-order valence-corrected chi connectivity index (χ1v) is 10.7. The Morgan fingerprint density at radius 2 is 2.14 bits per heavy atom. The number of aliphatic hydroxyl groups is 1. The molecule has 2 aliphatic heterocycles. The van der Waals surface area contributed by atoms with E-state index in [-0.39, 0.29) is 49.9 Å². The van der Waals surface area contributed by atoms with E-state index in [9.17, 15) is 19.3 Å². The number of pyridine rings is 1. The van der Waals surface area contributed by atoms with Crippen LogP contribution in [0.5, 0.6) is 6.01 Å². The van der Waals surface area contributed by atoms with Crippen LogP contribution in [0.25, 0.3) is 11.3 Å². The maximum atomic E-state index is 14.8. The van der Waals surface area contributed by atoms with Crippen molar-refractivity contribution in [3.63, 3.8) is 0 Å². The number of carbonyl (C=O) groups excluding carboxylic acids is 1. The van der Waals surface area contributed by atoms with E-state index in [1.165, 1.54) is 27.8 Å². The summed E-state index contributed by atoms with van der Waals surface area (Å²) in [4.78, 5) is 31.6. The van der Waals surface area contributed by atoms with Gasteiger partial charge in [-0.25, -0.2) is 9.18 Å². The number of fused-ring (bicyclic) bond motifs is 1. The minimum absolute atomic E-state index is 0.145. The van der Waals surface area contributed by atoms with E-state index in [1.54, 1.807) is 24.4 Å². The number of carbonyl (C=O) groups is 1. The van der Waals surface area contributed by atoms with Crippen molar-refractivity contribution in [3.8, 4) is 17.3 Å². The second-order valence-corrected chi connectivity index (χ2v) is 8.05. The molecule has 5 rings (SSSR count). The summed E-state index contributed by atoms with van der Waals surface area (Å²) >= 11 is 0. The SMILES string of the molecule is O=C1O[C@@H](CO)CN1c1ccc(-c2ccc(CO[C@@H]3COc4nc([N+](=O)[O-])cn4C3)cn2)c(F)c1. The lowest BCUT2D eigenvalue weighted by Crippen LogP contribution is -2.32. The highest BCUT2D eigenvalue weighted by Gasteiger charge is 2.32. The van der Waals surface area contributed by atoms with Gasteiger partial charge in [0.05, 0.1) is 37.7 Å². The third kappa shape index (κ3) is 4.63. The molecule has 13 heteroatoms. The number of aliphatic hydroxyl groups excluding tert-OH is 1. The standard InChI is InChI=1S/C22H20FN5O7/c23-18-5-14(27-8-15(10-29)35-22(27)30)2-3-17(18)19-4-1-13(6-24-19)11-33-16-7-26-9-20(28(31)32)25-21(26)34-12-16/h1-6,9,15-16,29H,7-8,10-12H2/t15-,16+/m1/s1. The van der Waals surface area contributed by atoms with Gasteiger partial charge < -0.3 is 29.4 Å². The van der Waals surface area contributed by atoms with Crippen LogP contribution in [0.15, 0.2) is 42.7 Å². The van der Waals surface area contributed by atoms with Crippen molar-refractivity contribution in [2.75, 3.05) is 24.7 Å². The normalized spacial score (nSPS) is 19.3. The van der Waals surface area contributed by atoms with Gasteiger partial charge in [-0.05, 0) is 34.8 Å². The maximum absolute atomic E-state index is 14.8. The third-order valence-corrected chi connectivity index (χ3v) is 5.64. The molecular weight excluding hydrogens is 465 g/mol. The Kier molecular flexibility index (Phi) is 6.01. The van der Waals surface area contributed by atoms with E-state index in [1.807, 2.05) is 0 Å². The Hall–Kier alpha value is -4.10. The number of anilines is 1. The van der Waals surface area contributed by atoms with Crippen molar-refractivity contribution >= 4 is 17.6 Å². The molecular formula is C22H20FN5O7. The van der Waals surface area contributed by atoms with Crippen LogP contribution >= 0.6 is 0 Å². The van der Waals surface area contributed by atoms with Crippen LogP contribution in [-0.2, 0) is 22.6 Å². The van der Waals surface area contributed by atoms with Crippen LogP contribution in [0.4, 0.5) is 20.7 Å². The zero-order valence-electron chi connectivity index (χ0n) is 18.2. The minimum Gasteiger partial charge on any atom is -0.443 e. The molecule has 4 heterocycles. The summed E-state index contributed by atoms with van der Waals surface area (Å²) < 4.78 is 32.6. The van der Waals surface area contributed by atoms with Crippen LogP contribution in [0.1, 0.15) is 5.56 Å². The number of imidazole rings is 1. The van der Waals surface area contributed by atoms with Crippen LogP contribution in [0, 0.1) is 15.9 Å². The number of hydrogen-bond donors (Lipinski definition) is 1. The lowest BCUT2D eigenvalue weighted by Gasteiger charge is -2.22. The summed E-state index contributed by atoms with van der Waals surface area (Å²) in [5.74, 6) is -0.834. The van der Waals surface area contributed by atoms with Gasteiger partial charge in [0.25, 0.3) is 0 Å². The Labute approximate surface area is 197 Å². The zero-order valence-corrected chi connectivity index (χ0v) is 18.2. The van der Waals surface area contributed by atoms with Crippen molar-refractivity contribution in [1.82, 2.24) is 14.5 Å². The summed E-state index contributed by atoms with van der Waals surface area (Å²) in [6, 6.07) is 7.96. The number of benzene rings is 1. The van der Waals surface area contributed by atoms with Gasteiger partial charge in [-0.2, -0.15) is 0 Å². The highest BCUT2D eigenvalue weighted by Crippen LogP contribution is 2.28. The molecule has 2 aromatic heterocycles. The zero-order chi connectivity index (χ0) is 24.5. The van der Waals surface area contributed by atoms with E-state index >= 15 is 0 Å². The molecule has 2 atom stereocenters. The number of amides is 1. The van der Waals surface area contributed by atoms with E-state index in [0.29, 0.717) is 17.9 Å². The largest absolute Gasteiger partial charge is 0.443 e. The molecule has 1 aromatic carbocycles. The first kappa shape index (κ1) is 22.7. The first-order chi connectivity index (χ1) is 16.9. The maximum Gasteiger partial charge on any atom is 0.414 e. The van der Waals surface area contributed by atoms with Crippen LogP contribution in [0.2, 0.25) is 0 Å². The van der Waals surface area contributed by atoms with Gasteiger partial charge in [-0.15, -0.1) is 0 Å². The second-order valence-electron chi connectivity index (χ2n) is 8.05. The summed E-state index contributed by atoms with van der Waals surface area (Å²) in [6.45, 7) is 0.636. The Balaban J connectivity index is 1.21. The fraction of sp³-hybridized carbons (Fsp3) is 0.318. The molecule has 2 aliphatic rings. The molecule has 0 bridgehead atoms. The van der Waals surface area contributed by atoms with E-state index in [0.717, 1.165) is 5.56 Å². The molecule has 35 heavy (non-hydrogen) atoms. The van der Waals surface area contributed by atoms with Crippen LogP contribution in [0.3, 0.4) is 0 Å². The van der Waals surface area contributed by atoms with Gasteiger partial charge in [0.15, 0.2) is 0 Å². The van der Waals surface area contributed by atoms with Gasteiger partial charge >= 0.3 is 17.9 Å². The summed E-state index contributed by atoms with van der Waals surface area (Å²) in [7, 11) is 0. The topological polar surface area (TPSA) is 142 Å². The number of nitro groups is 1. The number of ether oxygens (including phenoxy) is 3. The fourth-order valence-corrected chi connectivity index (χ4v) is 3.85. The molecule has 12 nitrogen and oxygen atoms in total. The molecule has 0 saturated carbocycles. The monoisotopic (exact) mass is 485 g/mol. The highest BCUT2D eigenvalue weighted by atomic mass is 19.1. The second kappa shape index (κ2) is 9.27. The molecule has 182 valence electrons.